The molecule has 32 heavy (non-hydrogen) atoms. The summed E-state index contributed by atoms with van der Waals surface area (Å²) in [5.41, 5.74) is 7.52. The van der Waals surface area contributed by atoms with E-state index >= 15 is 0 Å². The topological polar surface area (TPSA) is 100 Å². The molecule has 2 aliphatic rings. The molecule has 0 radical (unpaired) electrons. The molecule has 0 unspecified atom stereocenters. The van der Waals surface area contributed by atoms with Gasteiger partial charge in [0.15, 0.2) is 0 Å². The maximum absolute atomic E-state index is 13.2. The standard InChI is InChI=1S/C21H24ClN5O4S/c22-16-2-4-17(5-3-16)24-21(29)26(8-7-25-9-11-30-12-10-25)18-6-1-15-14-27(31-20(23)28)32-19(15)13-18/h1-6,13H,7-12,14H2,(H2,23,28)(H,24,29). The molecule has 0 bridgehead atoms. The van der Waals surface area contributed by atoms with Crippen molar-refractivity contribution in [1.82, 2.24) is 9.37 Å². The average molecular weight is 478 g/mol. The first kappa shape index (κ1) is 22.7. The Labute approximate surface area is 195 Å². The van der Waals surface area contributed by atoms with Crippen LogP contribution in [0.4, 0.5) is 21.0 Å². The molecular weight excluding hydrogens is 454 g/mol. The number of anilines is 2. The van der Waals surface area contributed by atoms with Gasteiger partial charge in [0.05, 0.1) is 19.8 Å². The molecule has 11 heteroatoms. The fourth-order valence-corrected chi connectivity index (χ4v) is 4.58. The van der Waals surface area contributed by atoms with Gasteiger partial charge in [-0.3, -0.25) is 9.80 Å². The smallest absolute Gasteiger partial charge is 0.379 e. The summed E-state index contributed by atoms with van der Waals surface area (Å²) >= 11 is 7.23. The Morgan fingerprint density at radius 2 is 1.94 bits per heavy atom. The number of urea groups is 1. The maximum Gasteiger partial charge on any atom is 0.424 e. The van der Waals surface area contributed by atoms with Crippen LogP contribution < -0.4 is 16.0 Å². The number of nitrogens with two attached hydrogens (primary N) is 1. The second kappa shape index (κ2) is 10.4. The van der Waals surface area contributed by atoms with E-state index in [0.717, 1.165) is 35.8 Å². The summed E-state index contributed by atoms with van der Waals surface area (Å²) in [7, 11) is 0. The summed E-state index contributed by atoms with van der Waals surface area (Å²) < 4.78 is 6.84. The fourth-order valence-electron chi connectivity index (χ4n) is 3.50. The number of halogens is 1. The summed E-state index contributed by atoms with van der Waals surface area (Å²) in [6.45, 7) is 4.72. The number of hydroxylamine groups is 1. The molecule has 4 rings (SSSR count). The van der Waals surface area contributed by atoms with E-state index in [1.165, 1.54) is 16.4 Å². The third-order valence-electron chi connectivity index (χ3n) is 5.14. The number of hydrogen-bond acceptors (Lipinski definition) is 7. The number of nitrogens with zero attached hydrogens (tertiary/aromatic N) is 3. The highest BCUT2D eigenvalue weighted by Gasteiger charge is 2.26. The highest BCUT2D eigenvalue weighted by Crippen LogP contribution is 2.38. The highest BCUT2D eigenvalue weighted by atomic mass is 35.5. The number of hydrogen-bond donors (Lipinski definition) is 2. The highest BCUT2D eigenvalue weighted by molar-refractivity contribution is 7.97. The zero-order valence-electron chi connectivity index (χ0n) is 17.3. The molecule has 2 heterocycles. The zero-order chi connectivity index (χ0) is 22.5. The van der Waals surface area contributed by atoms with Gasteiger partial charge in [-0.1, -0.05) is 22.1 Å². The quantitative estimate of drug-likeness (QED) is 0.613. The summed E-state index contributed by atoms with van der Waals surface area (Å²) in [4.78, 5) is 34.1. The van der Waals surface area contributed by atoms with Crippen LogP contribution in [0.15, 0.2) is 47.4 Å². The average Bonchev–Trinajstić information content (AvgIpc) is 3.17. The van der Waals surface area contributed by atoms with Crippen LogP contribution in [0, 0.1) is 0 Å². The van der Waals surface area contributed by atoms with Crippen LogP contribution in [-0.4, -0.2) is 60.9 Å². The van der Waals surface area contributed by atoms with E-state index in [1.807, 2.05) is 18.2 Å². The van der Waals surface area contributed by atoms with Gasteiger partial charge in [-0.15, -0.1) is 0 Å². The van der Waals surface area contributed by atoms with Crippen molar-refractivity contribution in [2.45, 2.75) is 11.4 Å². The zero-order valence-corrected chi connectivity index (χ0v) is 18.9. The number of ether oxygens (including phenoxy) is 1. The molecular formula is C21H24ClN5O4S. The molecule has 2 aromatic carbocycles. The van der Waals surface area contributed by atoms with E-state index in [0.29, 0.717) is 37.0 Å². The Morgan fingerprint density at radius 1 is 1.19 bits per heavy atom. The first-order chi connectivity index (χ1) is 15.5. The van der Waals surface area contributed by atoms with E-state index < -0.39 is 6.09 Å². The van der Waals surface area contributed by atoms with Crippen LogP contribution in [-0.2, 0) is 16.1 Å². The lowest BCUT2D eigenvalue weighted by Gasteiger charge is -2.30. The van der Waals surface area contributed by atoms with Crippen molar-refractivity contribution in [1.29, 1.82) is 0 Å². The van der Waals surface area contributed by atoms with Crippen LogP contribution in [0.25, 0.3) is 0 Å². The van der Waals surface area contributed by atoms with E-state index in [4.69, 9.17) is 26.9 Å². The molecule has 0 spiro atoms. The number of benzene rings is 2. The summed E-state index contributed by atoms with van der Waals surface area (Å²) in [5, 5.41) is 3.54. The molecule has 9 nitrogen and oxygen atoms in total. The number of amides is 3. The Balaban J connectivity index is 1.51. The van der Waals surface area contributed by atoms with Crippen LogP contribution in [0.5, 0.6) is 0 Å². The van der Waals surface area contributed by atoms with Gasteiger partial charge in [0.2, 0.25) is 0 Å². The molecule has 170 valence electrons. The second-order valence-corrected chi connectivity index (χ2v) is 8.79. The molecule has 0 atom stereocenters. The molecule has 2 aromatic rings. The number of fused-ring (bicyclic) bond motifs is 1. The van der Waals surface area contributed by atoms with Crippen LogP contribution in [0.3, 0.4) is 0 Å². The van der Waals surface area contributed by atoms with Gasteiger partial charge in [-0.25, -0.2) is 9.59 Å². The molecule has 2 aliphatic heterocycles. The lowest BCUT2D eigenvalue weighted by Crippen LogP contribution is -2.44. The predicted molar refractivity (Wildman–Crippen MR) is 124 cm³/mol. The minimum absolute atomic E-state index is 0.242. The number of carbonyl (C=O) groups is 2. The van der Waals surface area contributed by atoms with E-state index in [-0.39, 0.29) is 6.03 Å². The Bertz CT molecular complexity index is 971. The van der Waals surface area contributed by atoms with Crippen molar-refractivity contribution in [2.24, 2.45) is 5.73 Å². The molecule has 3 amide bonds. The summed E-state index contributed by atoms with van der Waals surface area (Å²) in [6, 6.07) is 12.5. The fraction of sp³-hybridized carbons (Fsp3) is 0.333. The van der Waals surface area contributed by atoms with E-state index in [2.05, 4.69) is 10.2 Å². The van der Waals surface area contributed by atoms with Crippen LogP contribution in [0.2, 0.25) is 5.02 Å². The van der Waals surface area contributed by atoms with Crippen LogP contribution in [0.1, 0.15) is 5.56 Å². The second-order valence-electron chi connectivity index (χ2n) is 7.33. The van der Waals surface area contributed by atoms with Crippen molar-refractivity contribution in [2.75, 3.05) is 49.6 Å². The van der Waals surface area contributed by atoms with E-state index in [1.54, 1.807) is 29.2 Å². The molecule has 1 fully saturated rings. The minimum atomic E-state index is -0.861. The van der Waals surface area contributed by atoms with Gasteiger partial charge >= 0.3 is 12.1 Å². The summed E-state index contributed by atoms with van der Waals surface area (Å²) in [6.07, 6.45) is -0.861. The number of carbonyl (C=O) groups excluding carboxylic acids is 2. The Morgan fingerprint density at radius 3 is 2.66 bits per heavy atom. The van der Waals surface area contributed by atoms with Crippen LogP contribution >= 0.6 is 23.5 Å². The normalized spacial score (nSPS) is 16.4. The van der Waals surface area contributed by atoms with Crippen molar-refractivity contribution in [3.63, 3.8) is 0 Å². The van der Waals surface area contributed by atoms with Crippen molar-refractivity contribution in [3.8, 4) is 0 Å². The Hall–Kier alpha value is -2.50. The lowest BCUT2D eigenvalue weighted by atomic mass is 10.2. The monoisotopic (exact) mass is 477 g/mol. The van der Waals surface area contributed by atoms with Gasteiger partial charge in [-0.2, -0.15) is 0 Å². The van der Waals surface area contributed by atoms with Gasteiger partial charge in [0.1, 0.15) is 0 Å². The number of primary amides is 1. The number of rotatable bonds is 6. The molecule has 0 aromatic heterocycles. The van der Waals surface area contributed by atoms with Gasteiger partial charge < -0.3 is 20.6 Å². The van der Waals surface area contributed by atoms with Gasteiger partial charge in [-0.05, 0) is 53.9 Å². The van der Waals surface area contributed by atoms with Crippen molar-refractivity contribution < 1.29 is 19.2 Å². The van der Waals surface area contributed by atoms with Crippen molar-refractivity contribution in [3.05, 3.63) is 53.1 Å². The molecule has 3 N–H and O–H groups in total. The molecule has 0 saturated carbocycles. The van der Waals surface area contributed by atoms with Gasteiger partial charge in [0.25, 0.3) is 0 Å². The third-order valence-corrected chi connectivity index (χ3v) is 6.37. The predicted octanol–water partition coefficient (Wildman–Crippen LogP) is 3.54. The van der Waals surface area contributed by atoms with Gasteiger partial charge in [0, 0.05) is 47.5 Å². The minimum Gasteiger partial charge on any atom is -0.379 e. The Kier molecular flexibility index (Phi) is 7.38. The largest absolute Gasteiger partial charge is 0.424 e. The third kappa shape index (κ3) is 5.84. The first-order valence-corrected chi connectivity index (χ1v) is 11.3. The van der Waals surface area contributed by atoms with E-state index in [9.17, 15) is 9.59 Å². The SMILES string of the molecule is NC(=O)ON1Cc2ccc(N(CCN3CCOCC3)C(=O)Nc3ccc(Cl)cc3)cc2S1. The number of nitrogens with one attached hydrogen (secondary N) is 1. The van der Waals surface area contributed by atoms with Crippen molar-refractivity contribution >= 4 is 47.0 Å². The maximum atomic E-state index is 13.2. The molecule has 1 saturated heterocycles. The lowest BCUT2D eigenvalue weighted by molar-refractivity contribution is -0.00827. The molecule has 0 aliphatic carbocycles. The number of morpholine rings is 1. The summed E-state index contributed by atoms with van der Waals surface area (Å²) in [5.74, 6) is 0. The first-order valence-electron chi connectivity index (χ1n) is 10.2.